The first-order valence-electron chi connectivity index (χ1n) is 8.43. The fraction of sp³-hybridized carbons (Fsp3) is 0.389. The molecule has 25 heavy (non-hydrogen) atoms. The highest BCUT2D eigenvalue weighted by molar-refractivity contribution is 5.57. The smallest absolute Gasteiger partial charge is 0.287 e. The number of anilines is 2. The molecular formula is C18H22N4O3. The number of nitrogens with zero attached hydrogens (tertiary/aromatic N) is 3. The third-order valence-corrected chi connectivity index (χ3v) is 4.53. The number of nitrogens with one attached hydrogen (secondary N) is 1. The Kier molecular flexibility index (Phi) is 5.57. The molecule has 0 amide bonds. The van der Waals surface area contributed by atoms with Gasteiger partial charge in [0, 0.05) is 24.9 Å². The molecule has 1 fully saturated rings. The summed E-state index contributed by atoms with van der Waals surface area (Å²) in [6, 6.07) is 11.1. The number of hydrogen-bond donors (Lipinski definition) is 2. The van der Waals surface area contributed by atoms with Gasteiger partial charge < -0.3 is 10.4 Å². The summed E-state index contributed by atoms with van der Waals surface area (Å²) in [5, 5.41) is 23.1. The number of pyridine rings is 1. The number of nitro groups is 1. The van der Waals surface area contributed by atoms with Crippen molar-refractivity contribution in [2.75, 3.05) is 25.0 Å². The van der Waals surface area contributed by atoms with E-state index >= 15 is 0 Å². The maximum Gasteiger partial charge on any atom is 0.287 e. The van der Waals surface area contributed by atoms with E-state index in [-0.39, 0.29) is 12.3 Å². The van der Waals surface area contributed by atoms with Crippen LogP contribution in [0, 0.1) is 16.0 Å². The lowest BCUT2D eigenvalue weighted by Gasteiger charge is -2.31. The lowest BCUT2D eigenvalue weighted by Crippen LogP contribution is -2.34. The lowest BCUT2D eigenvalue weighted by molar-refractivity contribution is -0.385. The van der Waals surface area contributed by atoms with Gasteiger partial charge in [0.1, 0.15) is 12.0 Å². The molecule has 2 heterocycles. The first-order valence-corrected chi connectivity index (χ1v) is 8.43. The van der Waals surface area contributed by atoms with Crippen molar-refractivity contribution >= 4 is 17.2 Å². The van der Waals surface area contributed by atoms with E-state index in [1.165, 1.54) is 17.8 Å². The predicted octanol–water partition coefficient (Wildman–Crippen LogP) is 2.94. The van der Waals surface area contributed by atoms with Gasteiger partial charge in [-0.25, -0.2) is 4.98 Å². The van der Waals surface area contributed by atoms with Gasteiger partial charge in [-0.2, -0.15) is 0 Å². The van der Waals surface area contributed by atoms with E-state index in [4.69, 9.17) is 0 Å². The van der Waals surface area contributed by atoms with Crippen LogP contribution in [0.5, 0.6) is 0 Å². The number of piperidine rings is 1. The minimum absolute atomic E-state index is 0.0226. The highest BCUT2D eigenvalue weighted by Crippen LogP contribution is 2.21. The van der Waals surface area contributed by atoms with Crippen LogP contribution >= 0.6 is 0 Å². The monoisotopic (exact) mass is 342 g/mol. The van der Waals surface area contributed by atoms with Crippen LogP contribution in [0.3, 0.4) is 0 Å². The molecule has 1 aliphatic heterocycles. The van der Waals surface area contributed by atoms with Gasteiger partial charge in [0.05, 0.1) is 4.92 Å². The third kappa shape index (κ3) is 4.74. The van der Waals surface area contributed by atoms with Crippen molar-refractivity contribution in [1.29, 1.82) is 0 Å². The Morgan fingerprint density at radius 2 is 2.08 bits per heavy atom. The van der Waals surface area contributed by atoms with E-state index in [1.54, 1.807) is 6.07 Å². The van der Waals surface area contributed by atoms with E-state index in [0.29, 0.717) is 11.7 Å². The number of aromatic nitrogens is 1. The molecule has 0 spiro atoms. The Bertz CT molecular complexity index is 713. The molecule has 0 radical (unpaired) electrons. The minimum Gasteiger partial charge on any atom is -0.396 e. The molecule has 1 saturated heterocycles. The van der Waals surface area contributed by atoms with Gasteiger partial charge in [0.2, 0.25) is 0 Å². The summed E-state index contributed by atoms with van der Waals surface area (Å²) in [6.45, 7) is 3.18. The van der Waals surface area contributed by atoms with Crippen LogP contribution in [0.25, 0.3) is 0 Å². The molecule has 1 aromatic heterocycles. The van der Waals surface area contributed by atoms with Crippen LogP contribution in [0.1, 0.15) is 18.4 Å². The molecule has 0 saturated carbocycles. The predicted molar refractivity (Wildman–Crippen MR) is 95.7 cm³/mol. The molecule has 3 rings (SSSR count). The van der Waals surface area contributed by atoms with Crippen LogP contribution in [0.2, 0.25) is 0 Å². The Balaban J connectivity index is 1.60. The standard InChI is InChI=1S/C18H22N4O3/c23-13-14-6-8-21(9-7-14)12-15-2-1-3-16(10-15)20-18-5-4-17(11-19-18)22(24)25/h1-5,10-11,14,23H,6-9,12-13H2,(H,19,20). The Morgan fingerprint density at radius 3 is 2.72 bits per heavy atom. The average molecular weight is 342 g/mol. The zero-order valence-corrected chi connectivity index (χ0v) is 14.0. The van der Waals surface area contributed by atoms with Crippen molar-refractivity contribution in [2.45, 2.75) is 19.4 Å². The van der Waals surface area contributed by atoms with E-state index in [0.717, 1.165) is 38.2 Å². The number of benzene rings is 1. The largest absolute Gasteiger partial charge is 0.396 e. The molecule has 0 unspecified atom stereocenters. The summed E-state index contributed by atoms with van der Waals surface area (Å²) >= 11 is 0. The molecule has 2 N–H and O–H groups in total. The fourth-order valence-corrected chi connectivity index (χ4v) is 3.05. The second-order valence-corrected chi connectivity index (χ2v) is 6.39. The number of hydrogen-bond acceptors (Lipinski definition) is 6. The number of likely N-dealkylation sites (tertiary alicyclic amines) is 1. The molecule has 0 atom stereocenters. The summed E-state index contributed by atoms with van der Waals surface area (Å²) in [5.41, 5.74) is 2.09. The topological polar surface area (TPSA) is 91.5 Å². The van der Waals surface area contributed by atoms with E-state index in [2.05, 4.69) is 27.3 Å². The van der Waals surface area contributed by atoms with Gasteiger partial charge in [-0.1, -0.05) is 12.1 Å². The van der Waals surface area contributed by atoms with Crippen LogP contribution in [0.4, 0.5) is 17.2 Å². The van der Waals surface area contributed by atoms with Gasteiger partial charge in [0.25, 0.3) is 5.69 Å². The second-order valence-electron chi connectivity index (χ2n) is 6.39. The Hall–Kier alpha value is -2.51. The summed E-state index contributed by atoms with van der Waals surface area (Å²) in [5.74, 6) is 1.02. The van der Waals surface area contributed by atoms with Crippen molar-refractivity contribution in [3.05, 3.63) is 58.3 Å². The van der Waals surface area contributed by atoms with Gasteiger partial charge >= 0.3 is 0 Å². The van der Waals surface area contributed by atoms with Crippen molar-refractivity contribution in [3.8, 4) is 0 Å². The first-order chi connectivity index (χ1) is 12.1. The van der Waals surface area contributed by atoms with E-state index < -0.39 is 4.92 Å². The minimum atomic E-state index is -0.461. The Morgan fingerprint density at radius 1 is 1.28 bits per heavy atom. The van der Waals surface area contributed by atoms with Crippen LogP contribution in [0.15, 0.2) is 42.6 Å². The van der Waals surface area contributed by atoms with Crippen molar-refractivity contribution in [3.63, 3.8) is 0 Å². The molecular weight excluding hydrogens is 320 g/mol. The normalized spacial score (nSPS) is 15.9. The molecule has 1 aliphatic rings. The maximum absolute atomic E-state index is 10.7. The van der Waals surface area contributed by atoms with Gasteiger partial charge in [0.15, 0.2) is 0 Å². The average Bonchev–Trinajstić information content (AvgIpc) is 2.63. The van der Waals surface area contributed by atoms with Crippen molar-refractivity contribution in [2.24, 2.45) is 5.92 Å². The second kappa shape index (κ2) is 8.04. The maximum atomic E-state index is 10.7. The first kappa shape index (κ1) is 17.3. The zero-order valence-electron chi connectivity index (χ0n) is 14.0. The third-order valence-electron chi connectivity index (χ3n) is 4.53. The summed E-state index contributed by atoms with van der Waals surface area (Å²) in [4.78, 5) is 16.7. The zero-order chi connectivity index (χ0) is 17.6. The molecule has 2 aromatic rings. The number of rotatable bonds is 6. The van der Waals surface area contributed by atoms with Crippen LogP contribution in [-0.2, 0) is 6.54 Å². The summed E-state index contributed by atoms with van der Waals surface area (Å²) < 4.78 is 0. The molecule has 1 aromatic carbocycles. The highest BCUT2D eigenvalue weighted by atomic mass is 16.6. The van der Waals surface area contributed by atoms with Crippen LogP contribution < -0.4 is 5.32 Å². The van der Waals surface area contributed by atoms with Crippen LogP contribution in [-0.4, -0.2) is 39.6 Å². The van der Waals surface area contributed by atoms with E-state index in [9.17, 15) is 15.2 Å². The molecule has 7 nitrogen and oxygen atoms in total. The fourth-order valence-electron chi connectivity index (χ4n) is 3.05. The molecule has 7 heteroatoms. The molecule has 0 bridgehead atoms. The SMILES string of the molecule is O=[N+]([O-])c1ccc(Nc2cccc(CN3CCC(CO)CC3)c2)nc1. The highest BCUT2D eigenvalue weighted by Gasteiger charge is 2.18. The summed E-state index contributed by atoms with van der Waals surface area (Å²) in [7, 11) is 0. The lowest BCUT2D eigenvalue weighted by atomic mass is 9.97. The molecule has 0 aliphatic carbocycles. The Labute approximate surface area is 146 Å². The van der Waals surface area contributed by atoms with E-state index in [1.807, 2.05) is 12.1 Å². The quantitative estimate of drug-likeness (QED) is 0.619. The van der Waals surface area contributed by atoms with Crippen molar-refractivity contribution < 1.29 is 10.0 Å². The van der Waals surface area contributed by atoms with Gasteiger partial charge in [-0.05, 0) is 55.6 Å². The number of aliphatic hydroxyl groups excluding tert-OH is 1. The molecule has 132 valence electrons. The number of aliphatic hydroxyl groups is 1. The van der Waals surface area contributed by atoms with Crippen molar-refractivity contribution in [1.82, 2.24) is 9.88 Å². The van der Waals surface area contributed by atoms with Gasteiger partial charge in [-0.15, -0.1) is 0 Å². The summed E-state index contributed by atoms with van der Waals surface area (Å²) in [6.07, 6.45) is 3.33. The van der Waals surface area contributed by atoms with Gasteiger partial charge in [-0.3, -0.25) is 15.0 Å².